The third-order valence-corrected chi connectivity index (χ3v) is 4.82. The lowest BCUT2D eigenvalue weighted by Crippen LogP contribution is -2.58. The fraction of sp³-hybridized carbons (Fsp3) is 0.600. The molecule has 1 aromatic rings. The first-order valence-corrected chi connectivity index (χ1v) is 6.85. The molecule has 1 aromatic carbocycles. The maximum Gasteiger partial charge on any atom is 0.123 e. The van der Waals surface area contributed by atoms with E-state index in [0.29, 0.717) is 0 Å². The normalized spacial score (nSPS) is 31.7. The SMILES string of the molecule is Fc1ccc(CC[N+]23CCC(CC2)CC3)cc1. The van der Waals surface area contributed by atoms with Crippen molar-refractivity contribution in [3.63, 3.8) is 0 Å². The zero-order valence-corrected chi connectivity index (χ0v) is 10.4. The van der Waals surface area contributed by atoms with Gasteiger partial charge in [0.1, 0.15) is 5.82 Å². The van der Waals surface area contributed by atoms with Crippen LogP contribution in [0, 0.1) is 11.7 Å². The van der Waals surface area contributed by atoms with Crippen molar-refractivity contribution in [3.8, 4) is 0 Å². The van der Waals surface area contributed by atoms with Crippen molar-refractivity contribution in [2.24, 2.45) is 5.92 Å². The molecule has 0 aliphatic carbocycles. The van der Waals surface area contributed by atoms with Crippen LogP contribution in [0.5, 0.6) is 0 Å². The Balaban J connectivity index is 1.61. The molecule has 17 heavy (non-hydrogen) atoms. The number of benzene rings is 1. The highest BCUT2D eigenvalue weighted by atomic mass is 19.1. The Bertz CT molecular complexity index is 363. The number of quaternary nitrogens is 1. The van der Waals surface area contributed by atoms with E-state index in [0.717, 1.165) is 12.3 Å². The molecule has 0 unspecified atom stereocenters. The van der Waals surface area contributed by atoms with Crippen LogP contribution in [-0.4, -0.2) is 30.7 Å². The molecule has 0 atom stereocenters. The highest BCUT2D eigenvalue weighted by Crippen LogP contribution is 2.33. The summed E-state index contributed by atoms with van der Waals surface area (Å²) in [6, 6.07) is 7.03. The molecule has 3 saturated heterocycles. The molecule has 0 amide bonds. The molecule has 4 rings (SSSR count). The van der Waals surface area contributed by atoms with E-state index >= 15 is 0 Å². The number of fused-ring (bicyclic) bond motifs is 3. The molecule has 1 nitrogen and oxygen atoms in total. The van der Waals surface area contributed by atoms with Crippen molar-refractivity contribution in [2.75, 3.05) is 26.2 Å². The van der Waals surface area contributed by atoms with E-state index in [4.69, 9.17) is 0 Å². The van der Waals surface area contributed by atoms with Gasteiger partial charge in [0.15, 0.2) is 0 Å². The second kappa shape index (κ2) is 4.41. The number of hydrogen-bond acceptors (Lipinski definition) is 0. The molecule has 3 heterocycles. The first-order chi connectivity index (χ1) is 8.26. The summed E-state index contributed by atoms with van der Waals surface area (Å²) in [5.74, 6) is 0.903. The molecular weight excluding hydrogens is 213 g/mol. The number of rotatable bonds is 3. The van der Waals surface area contributed by atoms with Gasteiger partial charge < -0.3 is 4.48 Å². The van der Waals surface area contributed by atoms with Gasteiger partial charge in [-0.25, -0.2) is 4.39 Å². The van der Waals surface area contributed by atoms with Crippen molar-refractivity contribution < 1.29 is 8.87 Å². The fourth-order valence-corrected chi connectivity index (χ4v) is 3.49. The van der Waals surface area contributed by atoms with E-state index in [1.165, 1.54) is 55.5 Å². The molecule has 3 aliphatic rings. The van der Waals surface area contributed by atoms with E-state index in [-0.39, 0.29) is 5.82 Å². The predicted octanol–water partition coefficient (Wildman–Crippen LogP) is 3.00. The lowest BCUT2D eigenvalue weighted by Gasteiger charge is -2.49. The van der Waals surface area contributed by atoms with Crippen LogP contribution in [0.4, 0.5) is 4.39 Å². The quantitative estimate of drug-likeness (QED) is 0.705. The lowest BCUT2D eigenvalue weighted by atomic mass is 9.85. The molecule has 3 aliphatic heterocycles. The predicted molar refractivity (Wildman–Crippen MR) is 67.2 cm³/mol. The van der Waals surface area contributed by atoms with E-state index in [9.17, 15) is 4.39 Å². The van der Waals surface area contributed by atoms with Gasteiger partial charge in [-0.2, -0.15) is 0 Å². The highest BCUT2D eigenvalue weighted by molar-refractivity contribution is 5.16. The van der Waals surface area contributed by atoms with Crippen LogP contribution in [-0.2, 0) is 6.42 Å². The van der Waals surface area contributed by atoms with Gasteiger partial charge in [0.2, 0.25) is 0 Å². The monoisotopic (exact) mass is 234 g/mol. The Hall–Kier alpha value is -0.890. The van der Waals surface area contributed by atoms with Crippen molar-refractivity contribution >= 4 is 0 Å². The molecule has 0 spiro atoms. The molecule has 0 saturated carbocycles. The Morgan fingerprint density at radius 2 is 1.59 bits per heavy atom. The number of nitrogens with zero attached hydrogens (tertiary/aromatic N) is 1. The van der Waals surface area contributed by atoms with Crippen molar-refractivity contribution in [2.45, 2.75) is 25.7 Å². The second-order valence-corrected chi connectivity index (χ2v) is 5.84. The smallest absolute Gasteiger partial charge is 0.123 e. The summed E-state index contributed by atoms with van der Waals surface area (Å²) in [5, 5.41) is 0. The molecule has 2 heteroatoms. The van der Waals surface area contributed by atoms with E-state index in [1.807, 2.05) is 12.1 Å². The first kappa shape index (κ1) is 11.2. The molecule has 92 valence electrons. The molecule has 0 aromatic heterocycles. The zero-order chi connectivity index (χ0) is 11.7. The summed E-state index contributed by atoms with van der Waals surface area (Å²) in [6.45, 7) is 5.39. The number of halogens is 1. The zero-order valence-electron chi connectivity index (χ0n) is 10.4. The average molecular weight is 234 g/mol. The summed E-state index contributed by atoms with van der Waals surface area (Å²) in [4.78, 5) is 0. The van der Waals surface area contributed by atoms with Gasteiger partial charge in [0, 0.05) is 6.42 Å². The molecule has 2 bridgehead atoms. The van der Waals surface area contributed by atoms with E-state index < -0.39 is 0 Å². The van der Waals surface area contributed by atoms with Gasteiger partial charge in [-0.15, -0.1) is 0 Å². The van der Waals surface area contributed by atoms with Gasteiger partial charge in [0.25, 0.3) is 0 Å². The Morgan fingerprint density at radius 3 is 2.18 bits per heavy atom. The van der Waals surface area contributed by atoms with Gasteiger partial charge in [-0.05, 0) is 42.9 Å². The second-order valence-electron chi connectivity index (χ2n) is 5.84. The van der Waals surface area contributed by atoms with Crippen LogP contribution >= 0.6 is 0 Å². The first-order valence-electron chi connectivity index (χ1n) is 6.85. The van der Waals surface area contributed by atoms with Crippen molar-refractivity contribution in [3.05, 3.63) is 35.6 Å². The topological polar surface area (TPSA) is 0 Å². The van der Waals surface area contributed by atoms with Gasteiger partial charge >= 0.3 is 0 Å². The summed E-state index contributed by atoms with van der Waals surface area (Å²) in [6.07, 6.45) is 5.40. The van der Waals surface area contributed by atoms with Crippen molar-refractivity contribution in [1.29, 1.82) is 0 Å². The Morgan fingerprint density at radius 1 is 1.00 bits per heavy atom. The minimum Gasteiger partial charge on any atom is -0.323 e. The summed E-state index contributed by atoms with van der Waals surface area (Å²) in [7, 11) is 0. The van der Waals surface area contributed by atoms with Gasteiger partial charge in [0.05, 0.1) is 26.2 Å². The van der Waals surface area contributed by atoms with Crippen LogP contribution in [0.25, 0.3) is 0 Å². The standard InChI is InChI=1S/C15H21FN/c16-15-3-1-13(2-4-15)5-9-17-10-6-14(7-11-17)8-12-17/h1-4,14H,5-12H2/q+1. The third kappa shape index (κ3) is 2.37. The average Bonchev–Trinajstić information content (AvgIpc) is 2.40. The lowest BCUT2D eigenvalue weighted by molar-refractivity contribution is -0.942. The molecular formula is C15H21FN+. The largest absolute Gasteiger partial charge is 0.323 e. The van der Waals surface area contributed by atoms with Crippen molar-refractivity contribution in [1.82, 2.24) is 0 Å². The third-order valence-electron chi connectivity index (χ3n) is 4.82. The maximum atomic E-state index is 12.8. The van der Waals surface area contributed by atoms with Gasteiger partial charge in [-0.1, -0.05) is 12.1 Å². The van der Waals surface area contributed by atoms with Crippen LogP contribution in [0.3, 0.4) is 0 Å². The van der Waals surface area contributed by atoms with Crippen LogP contribution in [0.2, 0.25) is 0 Å². The maximum absolute atomic E-state index is 12.8. The minimum absolute atomic E-state index is 0.125. The Labute approximate surface area is 103 Å². The summed E-state index contributed by atoms with van der Waals surface area (Å²) >= 11 is 0. The van der Waals surface area contributed by atoms with Crippen LogP contribution in [0.1, 0.15) is 24.8 Å². The fourth-order valence-electron chi connectivity index (χ4n) is 3.49. The number of piperidine rings is 3. The molecule has 0 radical (unpaired) electrons. The summed E-state index contributed by atoms with van der Waals surface area (Å²) in [5.41, 5.74) is 1.28. The minimum atomic E-state index is -0.125. The highest BCUT2D eigenvalue weighted by Gasteiger charge is 2.38. The van der Waals surface area contributed by atoms with E-state index in [2.05, 4.69) is 0 Å². The van der Waals surface area contributed by atoms with Gasteiger partial charge in [-0.3, -0.25) is 0 Å². The Kier molecular flexibility index (Phi) is 2.91. The van der Waals surface area contributed by atoms with Crippen LogP contribution in [0.15, 0.2) is 24.3 Å². The number of hydrogen-bond donors (Lipinski definition) is 0. The molecule has 3 fully saturated rings. The van der Waals surface area contributed by atoms with E-state index in [1.54, 1.807) is 12.1 Å². The van der Waals surface area contributed by atoms with Crippen LogP contribution < -0.4 is 0 Å². The summed E-state index contributed by atoms with van der Waals surface area (Å²) < 4.78 is 14.2. The molecule has 0 N–H and O–H groups in total.